The lowest BCUT2D eigenvalue weighted by Crippen LogP contribution is -2.32. The molecule has 4 heteroatoms. The third-order valence-corrected chi connectivity index (χ3v) is 2.93. The van der Waals surface area contributed by atoms with Crippen LogP contribution >= 0.6 is 0 Å². The Morgan fingerprint density at radius 2 is 1.63 bits per heavy atom. The maximum Gasteiger partial charge on any atom is 0.161 e. The molecule has 0 saturated carbocycles. The number of nitrogens with two attached hydrogens (primary N) is 1. The van der Waals surface area contributed by atoms with E-state index < -0.39 is 0 Å². The van der Waals surface area contributed by atoms with Crippen molar-refractivity contribution in [1.82, 2.24) is 0 Å². The molecule has 0 aliphatic carbocycles. The average Bonchev–Trinajstić information content (AvgIpc) is 2.48. The van der Waals surface area contributed by atoms with Crippen molar-refractivity contribution < 1.29 is 5.21 Å². The standard InChI is InChI=1S/C15H17N3O/c1-11(15(16)18-19)17-14-9-7-13(8-10-14)12-5-3-2-4-6-12/h2-11,17,19H,1H3,(H2,16,18). The van der Waals surface area contributed by atoms with E-state index in [9.17, 15) is 0 Å². The molecule has 0 saturated heterocycles. The van der Waals surface area contributed by atoms with Crippen LogP contribution in [-0.2, 0) is 0 Å². The van der Waals surface area contributed by atoms with Crippen molar-refractivity contribution in [3.63, 3.8) is 0 Å². The molecule has 0 aliphatic heterocycles. The van der Waals surface area contributed by atoms with Gasteiger partial charge in [-0.25, -0.2) is 0 Å². The number of benzene rings is 2. The molecule has 1 atom stereocenters. The molecule has 0 aliphatic rings. The van der Waals surface area contributed by atoms with Crippen molar-refractivity contribution in [2.24, 2.45) is 10.9 Å². The first-order valence-corrected chi connectivity index (χ1v) is 6.10. The van der Waals surface area contributed by atoms with Crippen LogP contribution in [-0.4, -0.2) is 17.1 Å². The Bertz CT molecular complexity index is 549. The van der Waals surface area contributed by atoms with Gasteiger partial charge in [0, 0.05) is 5.69 Å². The van der Waals surface area contributed by atoms with Crippen LogP contribution in [0.4, 0.5) is 5.69 Å². The summed E-state index contributed by atoms with van der Waals surface area (Å²) in [4.78, 5) is 0. The summed E-state index contributed by atoms with van der Waals surface area (Å²) in [5.41, 5.74) is 8.79. The molecule has 0 amide bonds. The quantitative estimate of drug-likeness (QED) is 0.340. The first-order chi connectivity index (χ1) is 9.20. The third-order valence-electron chi connectivity index (χ3n) is 2.93. The van der Waals surface area contributed by atoms with Gasteiger partial charge in [-0.15, -0.1) is 0 Å². The molecule has 0 bridgehead atoms. The highest BCUT2D eigenvalue weighted by Crippen LogP contribution is 2.21. The Hall–Kier alpha value is -2.49. The maximum atomic E-state index is 8.60. The molecule has 0 spiro atoms. The van der Waals surface area contributed by atoms with Gasteiger partial charge < -0.3 is 16.3 Å². The molecule has 4 nitrogen and oxygen atoms in total. The third kappa shape index (κ3) is 3.25. The monoisotopic (exact) mass is 255 g/mol. The van der Waals surface area contributed by atoms with Gasteiger partial charge in [-0.1, -0.05) is 47.6 Å². The van der Waals surface area contributed by atoms with Crippen molar-refractivity contribution in [2.45, 2.75) is 13.0 Å². The number of amidine groups is 1. The zero-order valence-electron chi connectivity index (χ0n) is 10.7. The fourth-order valence-corrected chi connectivity index (χ4v) is 1.80. The summed E-state index contributed by atoms with van der Waals surface area (Å²) in [5.74, 6) is 0.159. The summed E-state index contributed by atoms with van der Waals surface area (Å²) in [5, 5.41) is 14.7. The number of oxime groups is 1. The summed E-state index contributed by atoms with van der Waals surface area (Å²) in [6.45, 7) is 1.83. The van der Waals surface area contributed by atoms with Crippen molar-refractivity contribution >= 4 is 11.5 Å². The second-order valence-electron chi connectivity index (χ2n) is 4.33. The minimum Gasteiger partial charge on any atom is -0.409 e. The fourth-order valence-electron chi connectivity index (χ4n) is 1.80. The molecule has 2 aromatic carbocycles. The first kappa shape index (κ1) is 13.0. The van der Waals surface area contributed by atoms with E-state index in [4.69, 9.17) is 10.9 Å². The molecular formula is C15H17N3O. The Kier molecular flexibility index (Phi) is 4.03. The zero-order valence-corrected chi connectivity index (χ0v) is 10.7. The Labute approximate surface area is 112 Å². The highest BCUT2D eigenvalue weighted by Gasteiger charge is 2.06. The maximum absolute atomic E-state index is 8.60. The second kappa shape index (κ2) is 5.91. The lowest BCUT2D eigenvalue weighted by Gasteiger charge is -2.13. The van der Waals surface area contributed by atoms with Crippen LogP contribution < -0.4 is 11.1 Å². The van der Waals surface area contributed by atoms with E-state index in [1.807, 2.05) is 49.4 Å². The van der Waals surface area contributed by atoms with Gasteiger partial charge in [-0.05, 0) is 30.2 Å². The summed E-state index contributed by atoms with van der Waals surface area (Å²) in [6.07, 6.45) is 0. The van der Waals surface area contributed by atoms with E-state index in [2.05, 4.69) is 22.6 Å². The number of nitrogens with one attached hydrogen (secondary N) is 1. The highest BCUT2D eigenvalue weighted by molar-refractivity contribution is 5.87. The van der Waals surface area contributed by atoms with Crippen LogP contribution in [0, 0.1) is 0 Å². The lowest BCUT2D eigenvalue weighted by molar-refractivity contribution is 0.316. The van der Waals surface area contributed by atoms with Crippen LogP contribution in [0.5, 0.6) is 0 Å². The number of hydrogen-bond acceptors (Lipinski definition) is 3. The van der Waals surface area contributed by atoms with Gasteiger partial charge in [0.2, 0.25) is 0 Å². The summed E-state index contributed by atoms with van der Waals surface area (Å²) in [6, 6.07) is 18.0. The number of hydrogen-bond donors (Lipinski definition) is 3. The Morgan fingerprint density at radius 3 is 2.21 bits per heavy atom. The largest absolute Gasteiger partial charge is 0.409 e. The topological polar surface area (TPSA) is 70.6 Å². The van der Waals surface area contributed by atoms with Crippen LogP contribution in [0.3, 0.4) is 0 Å². The van der Waals surface area contributed by atoms with E-state index >= 15 is 0 Å². The normalized spacial score (nSPS) is 13.0. The smallest absolute Gasteiger partial charge is 0.161 e. The van der Waals surface area contributed by atoms with Gasteiger partial charge in [-0.2, -0.15) is 0 Å². The van der Waals surface area contributed by atoms with Gasteiger partial charge in [0.1, 0.15) is 0 Å². The first-order valence-electron chi connectivity index (χ1n) is 6.10. The van der Waals surface area contributed by atoms with Crippen molar-refractivity contribution in [2.75, 3.05) is 5.32 Å². The second-order valence-corrected chi connectivity index (χ2v) is 4.33. The molecule has 98 valence electrons. The van der Waals surface area contributed by atoms with E-state index in [-0.39, 0.29) is 11.9 Å². The van der Waals surface area contributed by atoms with E-state index in [1.54, 1.807) is 0 Å². The molecule has 19 heavy (non-hydrogen) atoms. The molecular weight excluding hydrogens is 238 g/mol. The SMILES string of the molecule is CC(Nc1ccc(-c2ccccc2)cc1)C(N)=NO. The molecule has 0 heterocycles. The minimum atomic E-state index is -0.215. The van der Waals surface area contributed by atoms with Crippen LogP contribution in [0.2, 0.25) is 0 Å². The van der Waals surface area contributed by atoms with Crippen LogP contribution in [0.1, 0.15) is 6.92 Å². The minimum absolute atomic E-state index is 0.159. The number of nitrogens with zero attached hydrogens (tertiary/aromatic N) is 1. The van der Waals surface area contributed by atoms with E-state index in [0.29, 0.717) is 0 Å². The zero-order chi connectivity index (χ0) is 13.7. The number of anilines is 1. The molecule has 1 unspecified atom stereocenters. The van der Waals surface area contributed by atoms with Crippen LogP contribution in [0.25, 0.3) is 11.1 Å². The summed E-state index contributed by atoms with van der Waals surface area (Å²) >= 11 is 0. The predicted molar refractivity (Wildman–Crippen MR) is 78.4 cm³/mol. The molecule has 4 N–H and O–H groups in total. The van der Waals surface area contributed by atoms with Gasteiger partial charge in [0.25, 0.3) is 0 Å². The van der Waals surface area contributed by atoms with Crippen LogP contribution in [0.15, 0.2) is 59.8 Å². The molecule has 2 rings (SSSR count). The molecule has 0 radical (unpaired) electrons. The average molecular weight is 255 g/mol. The highest BCUT2D eigenvalue weighted by atomic mass is 16.4. The molecule has 2 aromatic rings. The predicted octanol–water partition coefficient (Wildman–Crippen LogP) is 2.90. The molecule has 0 aromatic heterocycles. The van der Waals surface area contributed by atoms with Gasteiger partial charge in [-0.3, -0.25) is 0 Å². The molecule has 0 fully saturated rings. The number of rotatable bonds is 4. The van der Waals surface area contributed by atoms with Gasteiger partial charge >= 0.3 is 0 Å². The Morgan fingerprint density at radius 1 is 1.05 bits per heavy atom. The van der Waals surface area contributed by atoms with Crippen molar-refractivity contribution in [3.8, 4) is 11.1 Å². The summed E-state index contributed by atoms with van der Waals surface area (Å²) in [7, 11) is 0. The lowest BCUT2D eigenvalue weighted by atomic mass is 10.1. The van der Waals surface area contributed by atoms with E-state index in [1.165, 1.54) is 5.56 Å². The van der Waals surface area contributed by atoms with E-state index in [0.717, 1.165) is 11.3 Å². The van der Waals surface area contributed by atoms with Crippen molar-refractivity contribution in [1.29, 1.82) is 0 Å². The Balaban J connectivity index is 2.11. The van der Waals surface area contributed by atoms with Gasteiger partial charge in [0.15, 0.2) is 5.84 Å². The van der Waals surface area contributed by atoms with Crippen molar-refractivity contribution in [3.05, 3.63) is 54.6 Å². The fraction of sp³-hybridized carbons (Fsp3) is 0.133. The summed E-state index contributed by atoms with van der Waals surface area (Å²) < 4.78 is 0. The van der Waals surface area contributed by atoms with Gasteiger partial charge in [0.05, 0.1) is 6.04 Å².